The molecule has 0 aromatic heterocycles. The molecule has 44 heavy (non-hydrogen) atoms. The Morgan fingerprint density at radius 3 is 2.27 bits per heavy atom. The lowest BCUT2D eigenvalue weighted by Crippen LogP contribution is -2.60. The third-order valence-electron chi connectivity index (χ3n) is 15.5. The van der Waals surface area contributed by atoms with Crippen molar-refractivity contribution in [2.24, 2.45) is 50.7 Å². The highest BCUT2D eigenvalue weighted by molar-refractivity contribution is 5.77. The highest BCUT2D eigenvalue weighted by atomic mass is 16.6. The summed E-state index contributed by atoms with van der Waals surface area (Å²) in [5.74, 6) is 0.877. The molecule has 248 valence electrons. The Bertz CT molecular complexity index is 1210. The van der Waals surface area contributed by atoms with Crippen LogP contribution in [0.5, 0.6) is 0 Å². The molecule has 5 aliphatic carbocycles. The number of hydrogen-bond donors (Lipinski definition) is 3. The number of carbonyl (C=O) groups is 2. The van der Waals surface area contributed by atoms with Crippen LogP contribution < -0.4 is 5.32 Å². The van der Waals surface area contributed by atoms with Gasteiger partial charge in [0.15, 0.2) is 6.10 Å². The Morgan fingerprint density at radius 1 is 1.00 bits per heavy atom. The summed E-state index contributed by atoms with van der Waals surface area (Å²) in [4.78, 5) is 24.9. The third-order valence-corrected chi connectivity index (χ3v) is 15.5. The first-order chi connectivity index (χ1) is 20.4. The van der Waals surface area contributed by atoms with Crippen molar-refractivity contribution in [1.29, 1.82) is 0 Å². The number of ether oxygens (including phenoxy) is 3. The Kier molecular flexibility index (Phi) is 6.89. The summed E-state index contributed by atoms with van der Waals surface area (Å²) in [6.07, 6.45) is 7.00. The van der Waals surface area contributed by atoms with E-state index in [0.29, 0.717) is 18.3 Å². The Labute approximate surface area is 263 Å². The van der Waals surface area contributed by atoms with Crippen molar-refractivity contribution < 1.29 is 34.0 Å². The van der Waals surface area contributed by atoms with E-state index in [4.69, 9.17) is 14.2 Å². The second kappa shape index (κ2) is 9.67. The molecule has 0 radical (unpaired) electrons. The number of carbonyl (C=O) groups excluding carboxylic acids is 2. The topological polar surface area (TPSA) is 114 Å². The van der Waals surface area contributed by atoms with Gasteiger partial charge in [-0.15, -0.1) is 0 Å². The molecule has 3 N–H and O–H groups in total. The number of rotatable bonds is 5. The van der Waals surface area contributed by atoms with Gasteiger partial charge in [-0.05, 0) is 118 Å². The van der Waals surface area contributed by atoms with Crippen LogP contribution in [0.1, 0.15) is 113 Å². The van der Waals surface area contributed by atoms with Gasteiger partial charge < -0.3 is 29.7 Å². The predicted octanol–water partition coefficient (Wildman–Crippen LogP) is 4.78. The van der Waals surface area contributed by atoms with Gasteiger partial charge in [-0.25, -0.2) is 0 Å². The van der Waals surface area contributed by atoms with Crippen molar-refractivity contribution >= 4 is 11.9 Å². The first-order valence-corrected chi connectivity index (χ1v) is 17.6. The van der Waals surface area contributed by atoms with Gasteiger partial charge in [0.1, 0.15) is 12.1 Å². The fourth-order valence-electron chi connectivity index (χ4n) is 13.3. The van der Waals surface area contributed by atoms with Gasteiger partial charge in [-0.2, -0.15) is 0 Å². The minimum Gasteiger partial charge on any atom is -0.461 e. The maximum absolute atomic E-state index is 12.9. The second-order valence-corrected chi connectivity index (χ2v) is 18.0. The summed E-state index contributed by atoms with van der Waals surface area (Å²) in [6.45, 7) is 17.4. The first kappa shape index (κ1) is 31.4. The monoisotopic (exact) mass is 615 g/mol. The average molecular weight is 616 g/mol. The van der Waals surface area contributed by atoms with Crippen LogP contribution in [0.4, 0.5) is 0 Å². The SMILES string of the molecule is CC(=O)O[C@@H](C1C[C@@H](C)[C@H]2C(O1)[C@H](O)[C@@]1(C)C3CC[C@H]4C(C)(C)[C@@H](OC(=O)[C@@H]5CCN5)CC[C@@]45C[C@@]35CC[C@]21C)C(C)(C)O. The van der Waals surface area contributed by atoms with E-state index in [1.165, 1.54) is 19.8 Å². The zero-order valence-electron chi connectivity index (χ0n) is 28.3. The molecule has 0 bridgehead atoms. The van der Waals surface area contributed by atoms with Crippen molar-refractivity contribution in [3.8, 4) is 0 Å². The molecule has 3 unspecified atom stereocenters. The third kappa shape index (κ3) is 3.89. The zero-order valence-corrected chi connectivity index (χ0v) is 28.3. The van der Waals surface area contributed by atoms with Gasteiger partial charge >= 0.3 is 11.9 Å². The zero-order chi connectivity index (χ0) is 31.8. The number of hydrogen-bond acceptors (Lipinski definition) is 8. The molecular formula is C36H57NO7. The molecule has 5 saturated carbocycles. The molecule has 0 aromatic rings. The lowest BCUT2D eigenvalue weighted by Gasteiger charge is -2.63. The quantitative estimate of drug-likeness (QED) is 0.379. The molecule has 0 aromatic carbocycles. The summed E-state index contributed by atoms with van der Waals surface area (Å²) < 4.78 is 18.7. The molecule has 7 aliphatic rings. The molecule has 2 heterocycles. The summed E-state index contributed by atoms with van der Waals surface area (Å²) in [5, 5.41) is 26.7. The fraction of sp³-hybridized carbons (Fsp3) is 0.944. The van der Waals surface area contributed by atoms with Gasteiger partial charge in [0.25, 0.3) is 0 Å². The van der Waals surface area contributed by atoms with Crippen LogP contribution in [0.25, 0.3) is 0 Å². The van der Waals surface area contributed by atoms with E-state index in [1.807, 2.05) is 0 Å². The number of esters is 2. The first-order valence-electron chi connectivity index (χ1n) is 17.6. The van der Waals surface area contributed by atoms with E-state index in [9.17, 15) is 19.8 Å². The number of fused-ring (bicyclic) bond motifs is 4. The smallest absolute Gasteiger partial charge is 0.323 e. The highest BCUT2D eigenvalue weighted by Crippen LogP contribution is 2.89. The molecule has 2 aliphatic heterocycles. The molecule has 0 amide bonds. The molecule has 8 nitrogen and oxygen atoms in total. The minimum absolute atomic E-state index is 0.0428. The van der Waals surface area contributed by atoms with Crippen molar-refractivity contribution in [3.05, 3.63) is 0 Å². The molecular weight excluding hydrogens is 558 g/mol. The molecule has 8 heteroatoms. The van der Waals surface area contributed by atoms with Gasteiger partial charge in [0, 0.05) is 17.8 Å². The largest absolute Gasteiger partial charge is 0.461 e. The maximum atomic E-state index is 12.9. The minimum atomic E-state index is -1.26. The number of aliphatic hydroxyl groups is 2. The van der Waals surface area contributed by atoms with Crippen LogP contribution in [0.3, 0.4) is 0 Å². The van der Waals surface area contributed by atoms with Gasteiger partial charge in [-0.3, -0.25) is 9.59 Å². The van der Waals surface area contributed by atoms with E-state index in [1.54, 1.807) is 13.8 Å². The lowest BCUT2D eigenvalue weighted by atomic mass is 9.41. The van der Waals surface area contributed by atoms with Crippen molar-refractivity contribution in [2.75, 3.05) is 6.54 Å². The average Bonchev–Trinajstić information content (AvgIpc) is 3.52. The lowest BCUT2D eigenvalue weighted by molar-refractivity contribution is -0.216. The van der Waals surface area contributed by atoms with Gasteiger partial charge in [-0.1, -0.05) is 34.6 Å². The van der Waals surface area contributed by atoms with Gasteiger partial charge in [0.05, 0.1) is 23.9 Å². The maximum Gasteiger partial charge on any atom is 0.323 e. The molecule has 2 saturated heterocycles. The molecule has 7 rings (SSSR count). The normalized spacial score (nSPS) is 52.5. The van der Waals surface area contributed by atoms with Crippen LogP contribution in [0.15, 0.2) is 0 Å². The van der Waals surface area contributed by atoms with Gasteiger partial charge in [0.2, 0.25) is 0 Å². The Morgan fingerprint density at radius 2 is 1.66 bits per heavy atom. The fourth-order valence-corrected chi connectivity index (χ4v) is 13.3. The van der Waals surface area contributed by atoms with E-state index < -0.39 is 29.9 Å². The Balaban J connectivity index is 1.16. The van der Waals surface area contributed by atoms with Crippen LogP contribution in [-0.4, -0.2) is 70.9 Å². The summed E-state index contributed by atoms with van der Waals surface area (Å²) in [5.41, 5.74) is -1.24. The standard InChI is InChI=1S/C36H57NO7/c1-19-17-22(29(32(5,6)41)42-20(2)38)43-27-26(19)33(7)14-15-36-18-35(36)13-11-25(44-30(40)21-12-16-37-21)31(3,4)23(35)9-10-24(36)34(33,8)28(27)39/h19,21-29,37,39,41H,9-18H2,1-8H3/t19-,21+,22?,23+,24?,25+,26+,27?,28+,29+,33-,34-,35-,36+/m1/s1. The van der Waals surface area contributed by atoms with E-state index in [-0.39, 0.29) is 63.1 Å². The van der Waals surface area contributed by atoms with Crippen molar-refractivity contribution in [3.63, 3.8) is 0 Å². The van der Waals surface area contributed by atoms with Crippen LogP contribution in [0.2, 0.25) is 0 Å². The molecule has 7 fully saturated rings. The van der Waals surface area contributed by atoms with Crippen LogP contribution >= 0.6 is 0 Å². The summed E-state index contributed by atoms with van der Waals surface area (Å²) in [6, 6.07) is -0.134. The molecule has 14 atom stereocenters. The molecule has 2 spiro atoms. The van der Waals surface area contributed by atoms with Crippen molar-refractivity contribution in [2.45, 2.75) is 155 Å². The van der Waals surface area contributed by atoms with E-state index >= 15 is 0 Å². The van der Waals surface area contributed by atoms with Crippen molar-refractivity contribution in [1.82, 2.24) is 5.32 Å². The number of nitrogens with one attached hydrogen (secondary N) is 1. The second-order valence-electron chi connectivity index (χ2n) is 18.0. The predicted molar refractivity (Wildman–Crippen MR) is 164 cm³/mol. The highest BCUT2D eigenvalue weighted by Gasteiger charge is 2.84. The van der Waals surface area contributed by atoms with Crippen LogP contribution in [0, 0.1) is 50.7 Å². The van der Waals surface area contributed by atoms with Crippen LogP contribution in [-0.2, 0) is 23.8 Å². The number of aliphatic hydroxyl groups excluding tert-OH is 1. The van der Waals surface area contributed by atoms with E-state index in [2.05, 4.69) is 39.9 Å². The van der Waals surface area contributed by atoms with E-state index in [0.717, 1.165) is 45.1 Å². The summed E-state index contributed by atoms with van der Waals surface area (Å²) in [7, 11) is 0. The summed E-state index contributed by atoms with van der Waals surface area (Å²) >= 11 is 0. The Hall–Kier alpha value is -1.22.